The van der Waals surface area contributed by atoms with Crippen LogP contribution in [0.4, 0.5) is 13.9 Å². The van der Waals surface area contributed by atoms with Gasteiger partial charge in [-0.25, -0.2) is 18.6 Å². The maximum absolute atomic E-state index is 14.1. The van der Waals surface area contributed by atoms with E-state index in [1.165, 1.54) is 13.0 Å². The van der Waals surface area contributed by atoms with E-state index < -0.39 is 23.5 Å². The van der Waals surface area contributed by atoms with Gasteiger partial charge in [0.2, 0.25) is 0 Å². The van der Waals surface area contributed by atoms with E-state index in [0.29, 0.717) is 22.4 Å². The molecule has 2 heterocycles. The standard InChI is InChI=1S/C20H19F2N3O3S/c1-5-28-19(27)16-10(3)17(23-11(16)4)18(26)25-20-24-15(8-29-20)12-6-9(2)13(21)7-14(12)22/h6-8,23H,5H2,1-4H3,(H,24,25,26). The second-order valence-electron chi connectivity index (χ2n) is 6.42. The summed E-state index contributed by atoms with van der Waals surface area (Å²) in [6.45, 7) is 6.79. The Morgan fingerprint density at radius 2 is 1.93 bits per heavy atom. The molecule has 0 radical (unpaired) electrons. The van der Waals surface area contributed by atoms with Gasteiger partial charge in [-0.2, -0.15) is 0 Å². The molecule has 0 spiro atoms. The molecular formula is C20H19F2N3O3S. The molecule has 152 valence electrons. The maximum Gasteiger partial charge on any atom is 0.340 e. The van der Waals surface area contributed by atoms with Crippen molar-refractivity contribution in [3.8, 4) is 11.3 Å². The fraction of sp³-hybridized carbons (Fsp3) is 0.250. The van der Waals surface area contributed by atoms with Gasteiger partial charge < -0.3 is 9.72 Å². The molecule has 0 aliphatic heterocycles. The molecule has 0 aliphatic carbocycles. The number of esters is 1. The van der Waals surface area contributed by atoms with Crippen molar-refractivity contribution in [3.63, 3.8) is 0 Å². The third kappa shape index (κ3) is 4.04. The molecule has 0 atom stereocenters. The zero-order valence-corrected chi connectivity index (χ0v) is 17.1. The number of carbonyl (C=O) groups excluding carboxylic acids is 2. The Morgan fingerprint density at radius 3 is 2.62 bits per heavy atom. The van der Waals surface area contributed by atoms with Crippen molar-refractivity contribution in [2.24, 2.45) is 0 Å². The van der Waals surface area contributed by atoms with Crippen molar-refractivity contribution in [1.29, 1.82) is 0 Å². The molecule has 2 aromatic heterocycles. The third-order valence-corrected chi connectivity index (χ3v) is 5.15. The van der Waals surface area contributed by atoms with Gasteiger partial charge in [0, 0.05) is 22.7 Å². The predicted molar refractivity (Wildman–Crippen MR) is 106 cm³/mol. The number of amides is 1. The minimum atomic E-state index is -0.730. The highest BCUT2D eigenvalue weighted by atomic mass is 32.1. The molecule has 1 aromatic carbocycles. The highest BCUT2D eigenvalue weighted by Gasteiger charge is 2.23. The average molecular weight is 419 g/mol. The molecule has 9 heteroatoms. The number of aromatic nitrogens is 2. The summed E-state index contributed by atoms with van der Waals surface area (Å²) >= 11 is 1.11. The number of aromatic amines is 1. The Bertz CT molecular complexity index is 1100. The summed E-state index contributed by atoms with van der Waals surface area (Å²) in [4.78, 5) is 31.8. The number of nitrogens with one attached hydrogen (secondary N) is 2. The SMILES string of the molecule is CCOC(=O)c1c(C)[nH]c(C(=O)Nc2nc(-c3cc(C)c(F)cc3F)cs2)c1C. The highest BCUT2D eigenvalue weighted by Crippen LogP contribution is 2.29. The number of anilines is 1. The number of carbonyl (C=O) groups is 2. The Morgan fingerprint density at radius 1 is 1.21 bits per heavy atom. The Labute approximate surface area is 169 Å². The molecular weight excluding hydrogens is 400 g/mol. The molecule has 29 heavy (non-hydrogen) atoms. The fourth-order valence-corrected chi connectivity index (χ4v) is 3.66. The van der Waals surface area contributed by atoms with Gasteiger partial charge in [0.25, 0.3) is 5.91 Å². The zero-order valence-electron chi connectivity index (χ0n) is 16.3. The fourth-order valence-electron chi connectivity index (χ4n) is 2.95. The lowest BCUT2D eigenvalue weighted by Crippen LogP contribution is -2.14. The summed E-state index contributed by atoms with van der Waals surface area (Å²) in [5.74, 6) is -2.36. The number of halogens is 2. The van der Waals surface area contributed by atoms with Crippen molar-refractivity contribution >= 4 is 28.3 Å². The summed E-state index contributed by atoms with van der Waals surface area (Å²) in [5.41, 5.74) is 2.26. The van der Waals surface area contributed by atoms with Crippen LogP contribution >= 0.6 is 11.3 Å². The Balaban J connectivity index is 1.84. The molecule has 0 unspecified atom stereocenters. The monoisotopic (exact) mass is 419 g/mol. The number of nitrogens with zero attached hydrogens (tertiary/aromatic N) is 1. The largest absolute Gasteiger partial charge is 0.462 e. The van der Waals surface area contributed by atoms with Gasteiger partial charge in [0.05, 0.1) is 17.9 Å². The molecule has 6 nitrogen and oxygen atoms in total. The number of hydrogen-bond acceptors (Lipinski definition) is 5. The summed E-state index contributed by atoms with van der Waals surface area (Å²) in [6, 6.07) is 2.18. The lowest BCUT2D eigenvalue weighted by molar-refractivity contribution is 0.0525. The second-order valence-corrected chi connectivity index (χ2v) is 7.28. The van der Waals surface area contributed by atoms with Gasteiger partial charge in [-0.05, 0) is 44.9 Å². The van der Waals surface area contributed by atoms with Crippen LogP contribution in [0.2, 0.25) is 0 Å². The van der Waals surface area contributed by atoms with E-state index >= 15 is 0 Å². The zero-order chi connectivity index (χ0) is 21.3. The molecule has 0 saturated carbocycles. The summed E-state index contributed by atoms with van der Waals surface area (Å²) in [6.07, 6.45) is 0. The van der Waals surface area contributed by atoms with Gasteiger partial charge in [0.1, 0.15) is 17.3 Å². The van der Waals surface area contributed by atoms with Gasteiger partial charge in [0.15, 0.2) is 5.13 Å². The van der Waals surface area contributed by atoms with Crippen LogP contribution in [-0.2, 0) is 4.74 Å². The molecule has 1 amide bonds. The molecule has 0 fully saturated rings. The molecule has 3 aromatic rings. The van der Waals surface area contributed by atoms with Gasteiger partial charge >= 0.3 is 5.97 Å². The van der Waals surface area contributed by atoms with Gasteiger partial charge in [-0.15, -0.1) is 11.3 Å². The number of aryl methyl sites for hydroxylation is 2. The van der Waals surface area contributed by atoms with Crippen LogP contribution in [-0.4, -0.2) is 28.5 Å². The lowest BCUT2D eigenvalue weighted by atomic mass is 10.1. The van der Waals surface area contributed by atoms with Crippen molar-refractivity contribution in [3.05, 3.63) is 57.2 Å². The first kappa shape index (κ1) is 20.7. The Kier molecular flexibility index (Phi) is 5.78. The second kappa shape index (κ2) is 8.12. The first-order chi connectivity index (χ1) is 13.7. The van der Waals surface area contributed by atoms with E-state index in [1.807, 2.05) is 0 Å². The van der Waals surface area contributed by atoms with E-state index in [9.17, 15) is 18.4 Å². The molecule has 0 saturated heterocycles. The minimum absolute atomic E-state index is 0.150. The van der Waals surface area contributed by atoms with E-state index in [0.717, 1.165) is 17.4 Å². The normalized spacial score (nSPS) is 10.8. The van der Waals surface area contributed by atoms with Crippen LogP contribution in [0.15, 0.2) is 17.5 Å². The van der Waals surface area contributed by atoms with Gasteiger partial charge in [-0.1, -0.05) is 0 Å². The maximum atomic E-state index is 14.1. The van der Waals surface area contributed by atoms with Crippen molar-refractivity contribution in [2.45, 2.75) is 27.7 Å². The number of hydrogen-bond donors (Lipinski definition) is 2. The lowest BCUT2D eigenvalue weighted by Gasteiger charge is -2.04. The number of ether oxygens (including phenoxy) is 1. The van der Waals surface area contributed by atoms with Gasteiger partial charge in [-0.3, -0.25) is 10.1 Å². The summed E-state index contributed by atoms with van der Waals surface area (Å²) in [5, 5.41) is 4.45. The number of benzene rings is 1. The van der Waals surface area contributed by atoms with Crippen LogP contribution in [0.5, 0.6) is 0 Å². The van der Waals surface area contributed by atoms with Crippen LogP contribution in [0.1, 0.15) is 44.6 Å². The van der Waals surface area contributed by atoms with E-state index in [4.69, 9.17) is 4.74 Å². The Hall–Kier alpha value is -3.07. The van der Waals surface area contributed by atoms with Crippen molar-refractivity contribution in [1.82, 2.24) is 9.97 Å². The number of thiazole rings is 1. The van der Waals surface area contributed by atoms with E-state index in [2.05, 4.69) is 15.3 Å². The third-order valence-electron chi connectivity index (χ3n) is 4.39. The smallest absolute Gasteiger partial charge is 0.340 e. The molecule has 3 rings (SSSR count). The average Bonchev–Trinajstić information content (AvgIpc) is 3.22. The summed E-state index contributed by atoms with van der Waals surface area (Å²) in [7, 11) is 0. The molecule has 2 N–H and O–H groups in total. The molecule has 0 bridgehead atoms. The van der Waals surface area contributed by atoms with Crippen LogP contribution < -0.4 is 5.32 Å². The van der Waals surface area contributed by atoms with Crippen molar-refractivity contribution < 1.29 is 23.1 Å². The van der Waals surface area contributed by atoms with E-state index in [1.54, 1.807) is 26.2 Å². The van der Waals surface area contributed by atoms with Crippen LogP contribution in [0.25, 0.3) is 11.3 Å². The van der Waals surface area contributed by atoms with E-state index in [-0.39, 0.29) is 28.7 Å². The first-order valence-corrected chi connectivity index (χ1v) is 9.70. The summed E-state index contributed by atoms with van der Waals surface area (Å²) < 4.78 is 32.6. The predicted octanol–water partition coefficient (Wildman–Crippen LogP) is 4.77. The van der Waals surface area contributed by atoms with Crippen LogP contribution in [0.3, 0.4) is 0 Å². The number of H-pyrrole nitrogens is 1. The quantitative estimate of drug-likeness (QED) is 0.584. The van der Waals surface area contributed by atoms with Crippen molar-refractivity contribution in [2.75, 3.05) is 11.9 Å². The molecule has 0 aliphatic rings. The number of rotatable bonds is 5. The highest BCUT2D eigenvalue weighted by molar-refractivity contribution is 7.14. The minimum Gasteiger partial charge on any atom is -0.462 e. The first-order valence-electron chi connectivity index (χ1n) is 8.82. The van der Waals surface area contributed by atoms with Crippen LogP contribution in [0, 0.1) is 32.4 Å². The topological polar surface area (TPSA) is 84.1 Å².